The standard InChI is InChI=1S/C21H18N2O4/c1-26-21(25)23-16-13-11-15(12-14-16)22-20(24)18-9-5-6-10-19(18)27-17-7-3-2-4-8-17/h2-14H,1H3,(H,22,24)(H,23,25). The summed E-state index contributed by atoms with van der Waals surface area (Å²) in [4.78, 5) is 23.9. The Morgan fingerprint density at radius 2 is 1.33 bits per heavy atom. The molecular formula is C21H18N2O4. The van der Waals surface area contributed by atoms with E-state index in [0.717, 1.165) is 0 Å². The average molecular weight is 362 g/mol. The monoisotopic (exact) mass is 362 g/mol. The summed E-state index contributed by atoms with van der Waals surface area (Å²) in [6.45, 7) is 0. The highest BCUT2D eigenvalue weighted by atomic mass is 16.5. The minimum atomic E-state index is -0.557. The summed E-state index contributed by atoms with van der Waals surface area (Å²) in [5, 5.41) is 5.36. The van der Waals surface area contributed by atoms with Crippen LogP contribution in [-0.4, -0.2) is 19.1 Å². The Hall–Kier alpha value is -3.80. The molecule has 0 saturated heterocycles. The van der Waals surface area contributed by atoms with Crippen LogP contribution in [-0.2, 0) is 4.74 Å². The molecule has 27 heavy (non-hydrogen) atoms. The van der Waals surface area contributed by atoms with Gasteiger partial charge in [0.2, 0.25) is 0 Å². The van der Waals surface area contributed by atoms with Gasteiger partial charge in [-0.05, 0) is 48.5 Å². The van der Waals surface area contributed by atoms with E-state index in [2.05, 4.69) is 15.4 Å². The Kier molecular flexibility index (Phi) is 5.69. The maximum Gasteiger partial charge on any atom is 0.411 e. The maximum atomic E-state index is 12.7. The van der Waals surface area contributed by atoms with Gasteiger partial charge in [-0.2, -0.15) is 0 Å². The van der Waals surface area contributed by atoms with Gasteiger partial charge in [-0.1, -0.05) is 30.3 Å². The van der Waals surface area contributed by atoms with Crippen molar-refractivity contribution in [2.45, 2.75) is 0 Å². The number of carbonyl (C=O) groups excluding carboxylic acids is 2. The molecule has 136 valence electrons. The van der Waals surface area contributed by atoms with Crippen molar-refractivity contribution in [1.82, 2.24) is 0 Å². The molecule has 2 amide bonds. The third-order valence-corrected chi connectivity index (χ3v) is 3.68. The number of anilines is 2. The van der Waals surface area contributed by atoms with Crippen LogP contribution in [0.5, 0.6) is 11.5 Å². The number of hydrogen-bond donors (Lipinski definition) is 2. The van der Waals surface area contributed by atoms with Crippen LogP contribution in [0.15, 0.2) is 78.9 Å². The molecule has 6 nitrogen and oxygen atoms in total. The predicted octanol–water partition coefficient (Wildman–Crippen LogP) is 4.91. The molecule has 0 bridgehead atoms. The first-order valence-electron chi connectivity index (χ1n) is 8.24. The highest BCUT2D eigenvalue weighted by molar-refractivity contribution is 6.06. The molecule has 0 atom stereocenters. The normalized spacial score (nSPS) is 9.96. The quantitative estimate of drug-likeness (QED) is 0.676. The molecule has 0 heterocycles. The van der Waals surface area contributed by atoms with Crippen LogP contribution in [0.25, 0.3) is 0 Å². The van der Waals surface area contributed by atoms with Gasteiger partial charge in [0.25, 0.3) is 5.91 Å². The van der Waals surface area contributed by atoms with E-state index in [-0.39, 0.29) is 5.91 Å². The lowest BCUT2D eigenvalue weighted by molar-refractivity contribution is 0.102. The van der Waals surface area contributed by atoms with Crippen LogP contribution in [0.1, 0.15) is 10.4 Å². The molecule has 0 radical (unpaired) electrons. The number of carbonyl (C=O) groups is 2. The smallest absolute Gasteiger partial charge is 0.411 e. The van der Waals surface area contributed by atoms with Crippen LogP contribution >= 0.6 is 0 Å². The number of methoxy groups -OCH3 is 1. The molecule has 0 saturated carbocycles. The van der Waals surface area contributed by atoms with Crippen molar-refractivity contribution in [1.29, 1.82) is 0 Å². The van der Waals surface area contributed by atoms with E-state index < -0.39 is 6.09 Å². The summed E-state index contributed by atoms with van der Waals surface area (Å²) in [6, 6.07) is 23.0. The van der Waals surface area contributed by atoms with Crippen LogP contribution in [0.3, 0.4) is 0 Å². The predicted molar refractivity (Wildman–Crippen MR) is 103 cm³/mol. The minimum Gasteiger partial charge on any atom is -0.457 e. The molecule has 2 N–H and O–H groups in total. The molecule has 0 spiro atoms. The number of rotatable bonds is 5. The van der Waals surface area contributed by atoms with Gasteiger partial charge in [-0.25, -0.2) is 4.79 Å². The van der Waals surface area contributed by atoms with Gasteiger partial charge < -0.3 is 14.8 Å². The Morgan fingerprint density at radius 1 is 0.741 bits per heavy atom. The van der Waals surface area contributed by atoms with Crippen LogP contribution < -0.4 is 15.4 Å². The summed E-state index contributed by atoms with van der Waals surface area (Å²) in [7, 11) is 1.29. The summed E-state index contributed by atoms with van der Waals surface area (Å²) >= 11 is 0. The fourth-order valence-corrected chi connectivity index (χ4v) is 2.36. The van der Waals surface area contributed by atoms with Crippen molar-refractivity contribution >= 4 is 23.4 Å². The molecular weight excluding hydrogens is 344 g/mol. The van der Waals surface area contributed by atoms with Gasteiger partial charge in [0.05, 0.1) is 12.7 Å². The molecule has 3 aromatic rings. The zero-order valence-electron chi connectivity index (χ0n) is 14.6. The zero-order chi connectivity index (χ0) is 19.1. The second-order valence-electron chi connectivity index (χ2n) is 5.56. The molecule has 0 aliphatic heterocycles. The number of amides is 2. The number of para-hydroxylation sites is 2. The Bertz CT molecular complexity index is 924. The van der Waals surface area contributed by atoms with E-state index >= 15 is 0 Å². The molecule has 0 unspecified atom stereocenters. The Balaban J connectivity index is 1.72. The van der Waals surface area contributed by atoms with Crippen LogP contribution in [0, 0.1) is 0 Å². The van der Waals surface area contributed by atoms with Gasteiger partial charge in [0.15, 0.2) is 0 Å². The van der Waals surface area contributed by atoms with Gasteiger partial charge in [0.1, 0.15) is 11.5 Å². The first-order valence-corrected chi connectivity index (χ1v) is 8.24. The lowest BCUT2D eigenvalue weighted by atomic mass is 10.1. The van der Waals surface area contributed by atoms with Crippen molar-refractivity contribution in [2.24, 2.45) is 0 Å². The van der Waals surface area contributed by atoms with E-state index in [1.165, 1.54) is 7.11 Å². The van der Waals surface area contributed by atoms with E-state index in [4.69, 9.17) is 4.74 Å². The molecule has 3 aromatic carbocycles. The summed E-state index contributed by atoms with van der Waals surface area (Å²) in [5.41, 5.74) is 1.57. The lowest BCUT2D eigenvalue weighted by Crippen LogP contribution is -2.13. The number of nitrogens with one attached hydrogen (secondary N) is 2. The molecule has 0 aliphatic rings. The van der Waals surface area contributed by atoms with Gasteiger partial charge in [0, 0.05) is 11.4 Å². The summed E-state index contributed by atoms with van der Waals surface area (Å²) in [5.74, 6) is 0.816. The van der Waals surface area contributed by atoms with E-state index in [0.29, 0.717) is 28.4 Å². The fourth-order valence-electron chi connectivity index (χ4n) is 2.36. The molecule has 6 heteroatoms. The first kappa shape index (κ1) is 18.0. The van der Waals surface area contributed by atoms with Crippen molar-refractivity contribution < 1.29 is 19.1 Å². The number of ether oxygens (including phenoxy) is 2. The molecule has 0 aromatic heterocycles. The van der Waals surface area contributed by atoms with Gasteiger partial charge in [-0.15, -0.1) is 0 Å². The SMILES string of the molecule is COC(=O)Nc1ccc(NC(=O)c2ccccc2Oc2ccccc2)cc1. The summed E-state index contributed by atoms with van der Waals surface area (Å²) in [6.07, 6.45) is -0.557. The molecule has 0 aliphatic carbocycles. The third-order valence-electron chi connectivity index (χ3n) is 3.68. The van der Waals surface area contributed by atoms with E-state index in [1.807, 2.05) is 36.4 Å². The Labute approximate surface area is 156 Å². The largest absolute Gasteiger partial charge is 0.457 e. The lowest BCUT2D eigenvalue weighted by Gasteiger charge is -2.12. The third kappa shape index (κ3) is 4.85. The highest BCUT2D eigenvalue weighted by Crippen LogP contribution is 2.26. The maximum absolute atomic E-state index is 12.7. The van der Waals surface area contributed by atoms with Crippen LogP contribution in [0.4, 0.5) is 16.2 Å². The fraction of sp³-hybridized carbons (Fsp3) is 0.0476. The van der Waals surface area contributed by atoms with Crippen LogP contribution in [0.2, 0.25) is 0 Å². The second-order valence-corrected chi connectivity index (χ2v) is 5.56. The zero-order valence-corrected chi connectivity index (χ0v) is 14.6. The molecule has 3 rings (SSSR count). The van der Waals surface area contributed by atoms with Crippen molar-refractivity contribution in [3.63, 3.8) is 0 Å². The van der Waals surface area contributed by atoms with Crippen molar-refractivity contribution in [2.75, 3.05) is 17.7 Å². The second kappa shape index (κ2) is 8.53. The summed E-state index contributed by atoms with van der Waals surface area (Å²) < 4.78 is 10.4. The number of hydrogen-bond acceptors (Lipinski definition) is 4. The van der Waals surface area contributed by atoms with Crippen molar-refractivity contribution in [3.05, 3.63) is 84.4 Å². The van der Waals surface area contributed by atoms with Gasteiger partial charge >= 0.3 is 6.09 Å². The van der Waals surface area contributed by atoms with Crippen molar-refractivity contribution in [3.8, 4) is 11.5 Å². The van der Waals surface area contributed by atoms with Gasteiger partial charge in [-0.3, -0.25) is 10.1 Å². The van der Waals surface area contributed by atoms with E-state index in [9.17, 15) is 9.59 Å². The first-order chi connectivity index (χ1) is 13.2. The minimum absolute atomic E-state index is 0.296. The average Bonchev–Trinajstić information content (AvgIpc) is 2.70. The molecule has 0 fully saturated rings. The highest BCUT2D eigenvalue weighted by Gasteiger charge is 2.13. The Morgan fingerprint density at radius 3 is 2.00 bits per heavy atom. The topological polar surface area (TPSA) is 76.7 Å². The number of benzene rings is 3. The van der Waals surface area contributed by atoms with E-state index in [1.54, 1.807) is 42.5 Å².